The topological polar surface area (TPSA) is 93.0 Å². The molecule has 8 nitrogen and oxygen atoms in total. The number of amides is 2. The summed E-state index contributed by atoms with van der Waals surface area (Å²) in [6, 6.07) is 6.89. The fourth-order valence-corrected chi connectivity index (χ4v) is 2.42. The van der Waals surface area contributed by atoms with Crippen molar-refractivity contribution in [2.24, 2.45) is 0 Å². The minimum atomic E-state index is -0.512. The van der Waals surface area contributed by atoms with Gasteiger partial charge in [0.2, 0.25) is 0 Å². The van der Waals surface area contributed by atoms with Gasteiger partial charge in [-0.25, -0.2) is 0 Å². The number of nitrogens with zero attached hydrogens (tertiary/aromatic N) is 1. The Hall–Kier alpha value is -3.00. The first kappa shape index (κ1) is 19.3. The van der Waals surface area contributed by atoms with E-state index in [1.54, 1.807) is 20.3 Å². The van der Waals surface area contributed by atoms with Gasteiger partial charge in [0, 0.05) is 6.54 Å². The highest BCUT2D eigenvalue weighted by molar-refractivity contribution is 5.93. The van der Waals surface area contributed by atoms with Crippen molar-refractivity contribution in [1.82, 2.24) is 15.8 Å². The Morgan fingerprint density at radius 2 is 1.85 bits per heavy atom. The van der Waals surface area contributed by atoms with Crippen LogP contribution in [0.3, 0.4) is 0 Å². The van der Waals surface area contributed by atoms with Crippen molar-refractivity contribution in [3.05, 3.63) is 47.4 Å². The number of hydrogen-bond acceptors (Lipinski definition) is 6. The molecule has 2 aromatic rings. The number of carbonyl (C=O) groups is 2. The predicted octanol–water partition coefficient (Wildman–Crippen LogP) is 1.50. The van der Waals surface area contributed by atoms with Gasteiger partial charge < -0.3 is 13.9 Å². The van der Waals surface area contributed by atoms with Crippen molar-refractivity contribution >= 4 is 11.8 Å². The van der Waals surface area contributed by atoms with Gasteiger partial charge in [0.15, 0.2) is 17.3 Å². The van der Waals surface area contributed by atoms with E-state index in [1.165, 1.54) is 12.3 Å². The molecule has 0 unspecified atom stereocenters. The number of ether oxygens (including phenoxy) is 2. The van der Waals surface area contributed by atoms with Crippen LogP contribution in [0, 0.1) is 6.92 Å². The van der Waals surface area contributed by atoms with E-state index in [0.29, 0.717) is 18.0 Å². The van der Waals surface area contributed by atoms with E-state index in [0.717, 1.165) is 11.1 Å². The van der Waals surface area contributed by atoms with Gasteiger partial charge in [-0.15, -0.1) is 0 Å². The summed E-state index contributed by atoms with van der Waals surface area (Å²) < 4.78 is 15.5. The van der Waals surface area contributed by atoms with E-state index in [2.05, 4.69) is 10.9 Å². The average molecular weight is 361 g/mol. The molecule has 0 atom stereocenters. The van der Waals surface area contributed by atoms with Gasteiger partial charge in [0.1, 0.15) is 0 Å². The highest BCUT2D eigenvalue weighted by atomic mass is 16.5. The molecule has 2 amide bonds. The SMILES string of the molecule is COc1cc(C)c(CN(C)CC(=O)NNC(=O)c2ccco2)cc1OC. The normalized spacial score (nSPS) is 10.5. The lowest BCUT2D eigenvalue weighted by atomic mass is 10.1. The quantitative estimate of drug-likeness (QED) is 0.726. The van der Waals surface area contributed by atoms with E-state index in [1.807, 2.05) is 31.0 Å². The first-order chi connectivity index (χ1) is 12.4. The fraction of sp³-hybridized carbons (Fsp3) is 0.333. The lowest BCUT2D eigenvalue weighted by molar-refractivity contribution is -0.122. The summed E-state index contributed by atoms with van der Waals surface area (Å²) in [4.78, 5) is 25.5. The molecular weight excluding hydrogens is 338 g/mol. The Labute approximate surface area is 152 Å². The zero-order chi connectivity index (χ0) is 19.1. The maximum absolute atomic E-state index is 12.0. The summed E-state index contributed by atoms with van der Waals surface area (Å²) in [6.07, 6.45) is 1.38. The third kappa shape index (κ3) is 5.00. The van der Waals surface area contributed by atoms with Gasteiger partial charge in [0.05, 0.1) is 27.0 Å². The highest BCUT2D eigenvalue weighted by Gasteiger charge is 2.14. The molecule has 2 rings (SSSR count). The van der Waals surface area contributed by atoms with Crippen LogP contribution >= 0.6 is 0 Å². The summed E-state index contributed by atoms with van der Waals surface area (Å²) in [5.74, 6) is 0.568. The Morgan fingerprint density at radius 3 is 2.46 bits per heavy atom. The summed E-state index contributed by atoms with van der Waals surface area (Å²) in [5, 5.41) is 0. The monoisotopic (exact) mass is 361 g/mol. The van der Waals surface area contributed by atoms with Crippen LogP contribution in [0.5, 0.6) is 11.5 Å². The second-order valence-electron chi connectivity index (χ2n) is 5.79. The van der Waals surface area contributed by atoms with Gasteiger partial charge in [-0.3, -0.25) is 25.3 Å². The first-order valence-corrected chi connectivity index (χ1v) is 7.97. The van der Waals surface area contributed by atoms with Crippen molar-refractivity contribution in [2.45, 2.75) is 13.5 Å². The number of nitrogens with one attached hydrogen (secondary N) is 2. The van der Waals surface area contributed by atoms with Crippen molar-refractivity contribution in [2.75, 3.05) is 27.8 Å². The molecule has 0 saturated heterocycles. The maximum Gasteiger partial charge on any atom is 0.305 e. The number of rotatable bonds is 7. The second kappa shape index (κ2) is 8.91. The fourth-order valence-electron chi connectivity index (χ4n) is 2.42. The number of carbonyl (C=O) groups excluding carboxylic acids is 2. The third-order valence-electron chi connectivity index (χ3n) is 3.76. The second-order valence-corrected chi connectivity index (χ2v) is 5.79. The van der Waals surface area contributed by atoms with E-state index in [9.17, 15) is 9.59 Å². The number of likely N-dealkylation sites (N-methyl/N-ethyl adjacent to an activating group) is 1. The zero-order valence-electron chi connectivity index (χ0n) is 15.3. The summed E-state index contributed by atoms with van der Waals surface area (Å²) in [5.41, 5.74) is 6.70. The molecule has 0 bridgehead atoms. The van der Waals surface area contributed by atoms with E-state index in [4.69, 9.17) is 13.9 Å². The number of aryl methyl sites for hydroxylation is 1. The molecule has 0 radical (unpaired) electrons. The van der Waals surface area contributed by atoms with Gasteiger partial charge in [-0.1, -0.05) is 0 Å². The third-order valence-corrected chi connectivity index (χ3v) is 3.76. The van der Waals surface area contributed by atoms with E-state index >= 15 is 0 Å². The molecule has 0 spiro atoms. The Morgan fingerprint density at radius 1 is 1.15 bits per heavy atom. The Bertz CT molecular complexity index is 758. The van der Waals surface area contributed by atoms with Gasteiger partial charge in [-0.2, -0.15) is 0 Å². The van der Waals surface area contributed by atoms with Crippen LogP contribution in [-0.4, -0.2) is 44.5 Å². The molecule has 1 heterocycles. The molecule has 26 heavy (non-hydrogen) atoms. The van der Waals surface area contributed by atoms with Crippen LogP contribution in [-0.2, 0) is 11.3 Å². The van der Waals surface area contributed by atoms with E-state index in [-0.39, 0.29) is 18.2 Å². The molecule has 8 heteroatoms. The van der Waals surface area contributed by atoms with Crippen LogP contribution in [0.15, 0.2) is 34.9 Å². The van der Waals surface area contributed by atoms with Gasteiger partial charge in [-0.05, 0) is 49.4 Å². The number of benzene rings is 1. The standard InChI is InChI=1S/C18H23N3O5/c1-12-8-15(24-3)16(25-4)9-13(12)10-21(2)11-17(22)19-20-18(23)14-6-5-7-26-14/h5-9H,10-11H2,1-4H3,(H,19,22)(H,20,23). The van der Waals surface area contributed by atoms with Crippen molar-refractivity contribution in [3.63, 3.8) is 0 Å². The summed E-state index contributed by atoms with van der Waals surface area (Å²) in [6.45, 7) is 2.60. The van der Waals surface area contributed by atoms with E-state index < -0.39 is 5.91 Å². The Kier molecular flexibility index (Phi) is 6.62. The zero-order valence-corrected chi connectivity index (χ0v) is 15.3. The molecule has 140 valence electrons. The Balaban J connectivity index is 1.88. The predicted molar refractivity (Wildman–Crippen MR) is 94.9 cm³/mol. The smallest absolute Gasteiger partial charge is 0.305 e. The van der Waals surface area contributed by atoms with Crippen LogP contribution in [0.2, 0.25) is 0 Å². The van der Waals surface area contributed by atoms with Crippen LogP contribution in [0.4, 0.5) is 0 Å². The number of hydrogen-bond donors (Lipinski definition) is 2. The lowest BCUT2D eigenvalue weighted by Gasteiger charge is -2.19. The summed E-state index contributed by atoms with van der Waals surface area (Å²) in [7, 11) is 4.98. The minimum Gasteiger partial charge on any atom is -0.493 e. The molecule has 1 aromatic heterocycles. The molecule has 0 aliphatic heterocycles. The molecule has 0 aliphatic carbocycles. The molecule has 2 N–H and O–H groups in total. The van der Waals surface area contributed by atoms with Crippen LogP contribution in [0.25, 0.3) is 0 Å². The molecule has 0 aliphatic rings. The minimum absolute atomic E-state index is 0.103. The largest absolute Gasteiger partial charge is 0.493 e. The number of hydrazine groups is 1. The van der Waals surface area contributed by atoms with Crippen molar-refractivity contribution in [3.8, 4) is 11.5 Å². The molecule has 0 saturated carbocycles. The first-order valence-electron chi connectivity index (χ1n) is 7.97. The van der Waals surface area contributed by atoms with Crippen LogP contribution in [0.1, 0.15) is 21.7 Å². The molecular formula is C18H23N3O5. The number of furan rings is 1. The maximum atomic E-state index is 12.0. The molecule has 0 fully saturated rings. The van der Waals surface area contributed by atoms with Crippen molar-refractivity contribution in [1.29, 1.82) is 0 Å². The number of methoxy groups -OCH3 is 2. The highest BCUT2D eigenvalue weighted by Crippen LogP contribution is 2.30. The lowest BCUT2D eigenvalue weighted by Crippen LogP contribution is -2.45. The van der Waals surface area contributed by atoms with Gasteiger partial charge >= 0.3 is 5.91 Å². The summed E-state index contributed by atoms with van der Waals surface area (Å²) >= 11 is 0. The molecule has 1 aromatic carbocycles. The van der Waals surface area contributed by atoms with Crippen molar-refractivity contribution < 1.29 is 23.5 Å². The van der Waals surface area contributed by atoms with Crippen LogP contribution < -0.4 is 20.3 Å². The average Bonchev–Trinajstić information content (AvgIpc) is 3.15. The van der Waals surface area contributed by atoms with Gasteiger partial charge in [0.25, 0.3) is 5.91 Å².